The first kappa shape index (κ1) is 19.2. The first-order chi connectivity index (χ1) is 12.7. The molecule has 1 atom stereocenters. The van der Waals surface area contributed by atoms with E-state index < -0.39 is 0 Å². The average molecular weight is 378 g/mol. The molecule has 0 radical (unpaired) electrons. The van der Waals surface area contributed by atoms with Gasteiger partial charge in [-0.1, -0.05) is 17.8 Å². The number of thioether (sulfide) groups is 1. The van der Waals surface area contributed by atoms with E-state index in [0.29, 0.717) is 31.4 Å². The lowest BCUT2D eigenvalue weighted by atomic mass is 9.96. The quantitative estimate of drug-likeness (QED) is 0.768. The van der Waals surface area contributed by atoms with E-state index in [0.717, 1.165) is 43.8 Å². The molecule has 0 spiro atoms. The Labute approximate surface area is 159 Å². The number of piperidine rings is 1. The van der Waals surface area contributed by atoms with Crippen LogP contribution in [0.3, 0.4) is 0 Å². The van der Waals surface area contributed by atoms with E-state index in [-0.39, 0.29) is 17.7 Å². The van der Waals surface area contributed by atoms with Gasteiger partial charge in [-0.25, -0.2) is 4.98 Å². The average Bonchev–Trinajstić information content (AvgIpc) is 2.72. The first-order valence-corrected chi connectivity index (χ1v) is 10.4. The normalized spacial score (nSPS) is 21.4. The number of aromatic nitrogens is 1. The molecular weight excluding hydrogens is 350 g/mol. The molecule has 26 heavy (non-hydrogen) atoms. The number of nitrogens with one attached hydrogen (secondary N) is 1. The summed E-state index contributed by atoms with van der Waals surface area (Å²) in [5, 5.41) is 3.97. The highest BCUT2D eigenvalue weighted by Gasteiger charge is 2.26. The van der Waals surface area contributed by atoms with E-state index in [1.165, 1.54) is 11.8 Å². The van der Waals surface area contributed by atoms with E-state index in [2.05, 4.69) is 10.3 Å². The molecule has 0 bridgehead atoms. The molecule has 1 aromatic rings. The van der Waals surface area contributed by atoms with Gasteiger partial charge < -0.3 is 15.0 Å². The van der Waals surface area contributed by atoms with Crippen LogP contribution in [-0.4, -0.2) is 60.3 Å². The smallest absolute Gasteiger partial charge is 0.232 e. The van der Waals surface area contributed by atoms with E-state index in [1.54, 1.807) is 6.20 Å². The molecule has 2 aliphatic rings. The summed E-state index contributed by atoms with van der Waals surface area (Å²) in [5.41, 5.74) is 0. The van der Waals surface area contributed by atoms with Crippen LogP contribution in [0.2, 0.25) is 0 Å². The molecule has 2 amide bonds. The van der Waals surface area contributed by atoms with Gasteiger partial charge >= 0.3 is 0 Å². The van der Waals surface area contributed by atoms with Crippen molar-refractivity contribution in [2.45, 2.75) is 30.7 Å². The molecule has 0 saturated carbocycles. The van der Waals surface area contributed by atoms with Crippen molar-refractivity contribution in [2.75, 3.05) is 38.6 Å². The van der Waals surface area contributed by atoms with Gasteiger partial charge in [0.2, 0.25) is 11.8 Å². The zero-order chi connectivity index (χ0) is 18.2. The second-order valence-electron chi connectivity index (χ2n) is 6.94. The van der Waals surface area contributed by atoms with Crippen LogP contribution in [0.5, 0.6) is 0 Å². The molecule has 6 nitrogen and oxygen atoms in total. The van der Waals surface area contributed by atoms with Gasteiger partial charge in [0.05, 0.1) is 10.8 Å². The molecular formula is C19H27N3O3S. The highest BCUT2D eigenvalue weighted by atomic mass is 32.2. The molecule has 7 heteroatoms. The van der Waals surface area contributed by atoms with Crippen LogP contribution in [0.25, 0.3) is 0 Å². The maximum Gasteiger partial charge on any atom is 0.232 e. The molecule has 2 saturated heterocycles. The lowest BCUT2D eigenvalue weighted by Gasteiger charge is -2.33. The van der Waals surface area contributed by atoms with Crippen LogP contribution in [0.15, 0.2) is 29.4 Å². The Bertz CT molecular complexity index is 593. The van der Waals surface area contributed by atoms with Gasteiger partial charge in [0, 0.05) is 45.0 Å². The molecule has 0 aliphatic carbocycles. The van der Waals surface area contributed by atoms with Crippen molar-refractivity contribution in [3.05, 3.63) is 24.4 Å². The zero-order valence-corrected chi connectivity index (χ0v) is 15.9. The maximum absolute atomic E-state index is 12.5. The number of hydrogen-bond acceptors (Lipinski definition) is 5. The minimum atomic E-state index is 0.0832. The van der Waals surface area contributed by atoms with Gasteiger partial charge in [0.15, 0.2) is 0 Å². The number of hydrogen-bond donors (Lipinski definition) is 1. The highest BCUT2D eigenvalue weighted by molar-refractivity contribution is 7.99. The topological polar surface area (TPSA) is 71.5 Å². The van der Waals surface area contributed by atoms with Crippen LogP contribution < -0.4 is 5.32 Å². The standard InChI is InChI=1S/C19H27N3O3S/c23-18(14-26-17-5-1-2-8-20-17)22-9-3-4-15(13-22)12-21-19(24)16-6-10-25-11-7-16/h1-2,5,8,15-16H,3-4,6-7,9-14H2,(H,21,24). The van der Waals surface area contributed by atoms with Gasteiger partial charge in [-0.2, -0.15) is 0 Å². The molecule has 1 aromatic heterocycles. The van der Waals surface area contributed by atoms with Crippen LogP contribution in [-0.2, 0) is 14.3 Å². The summed E-state index contributed by atoms with van der Waals surface area (Å²) in [6, 6.07) is 5.72. The molecule has 2 fully saturated rings. The van der Waals surface area contributed by atoms with Gasteiger partial charge in [0.25, 0.3) is 0 Å². The molecule has 0 aromatic carbocycles. The number of nitrogens with zero attached hydrogens (tertiary/aromatic N) is 2. The monoisotopic (exact) mass is 377 g/mol. The Hall–Kier alpha value is -1.60. The van der Waals surface area contributed by atoms with Crippen molar-refractivity contribution in [1.29, 1.82) is 0 Å². The summed E-state index contributed by atoms with van der Waals surface area (Å²) in [6.07, 6.45) is 5.42. The van der Waals surface area contributed by atoms with E-state index in [1.807, 2.05) is 23.1 Å². The van der Waals surface area contributed by atoms with Crippen molar-refractivity contribution < 1.29 is 14.3 Å². The van der Waals surface area contributed by atoms with Crippen molar-refractivity contribution >= 4 is 23.6 Å². The number of likely N-dealkylation sites (tertiary alicyclic amines) is 1. The minimum Gasteiger partial charge on any atom is -0.381 e. The van der Waals surface area contributed by atoms with Crippen molar-refractivity contribution in [2.24, 2.45) is 11.8 Å². The summed E-state index contributed by atoms with van der Waals surface area (Å²) in [5.74, 6) is 1.14. The molecule has 3 heterocycles. The Kier molecular flexibility index (Phi) is 7.32. The van der Waals surface area contributed by atoms with Crippen molar-refractivity contribution in [3.8, 4) is 0 Å². The lowest BCUT2D eigenvalue weighted by molar-refractivity contribution is -0.130. The maximum atomic E-state index is 12.5. The van der Waals surface area contributed by atoms with Crippen LogP contribution in [0, 0.1) is 11.8 Å². The van der Waals surface area contributed by atoms with E-state index in [9.17, 15) is 9.59 Å². The molecule has 2 aliphatic heterocycles. The third kappa shape index (κ3) is 5.71. The van der Waals surface area contributed by atoms with Gasteiger partial charge in [0.1, 0.15) is 0 Å². The summed E-state index contributed by atoms with van der Waals surface area (Å²) in [4.78, 5) is 30.9. The Morgan fingerprint density at radius 3 is 2.88 bits per heavy atom. The number of carbonyl (C=O) groups is 2. The van der Waals surface area contributed by atoms with Gasteiger partial charge in [-0.3, -0.25) is 9.59 Å². The fourth-order valence-electron chi connectivity index (χ4n) is 3.47. The predicted molar refractivity (Wildman–Crippen MR) is 101 cm³/mol. The Morgan fingerprint density at radius 1 is 1.27 bits per heavy atom. The number of rotatable bonds is 6. The van der Waals surface area contributed by atoms with Crippen LogP contribution in [0.4, 0.5) is 0 Å². The third-order valence-electron chi connectivity index (χ3n) is 5.01. The summed E-state index contributed by atoms with van der Waals surface area (Å²) in [6.45, 7) is 3.56. The SMILES string of the molecule is O=C(NCC1CCCN(C(=O)CSc2ccccn2)C1)C1CCOCC1. The summed E-state index contributed by atoms with van der Waals surface area (Å²) >= 11 is 1.48. The lowest BCUT2D eigenvalue weighted by Crippen LogP contribution is -2.45. The number of amides is 2. The predicted octanol–water partition coefficient (Wildman–Crippen LogP) is 1.96. The van der Waals surface area contributed by atoms with E-state index in [4.69, 9.17) is 4.74 Å². The molecule has 142 valence electrons. The molecule has 3 rings (SSSR count). The Morgan fingerprint density at radius 2 is 2.12 bits per heavy atom. The van der Waals surface area contributed by atoms with Crippen molar-refractivity contribution in [3.63, 3.8) is 0 Å². The fraction of sp³-hybridized carbons (Fsp3) is 0.632. The second-order valence-corrected chi connectivity index (χ2v) is 7.93. The first-order valence-electron chi connectivity index (χ1n) is 9.39. The van der Waals surface area contributed by atoms with E-state index >= 15 is 0 Å². The molecule has 1 N–H and O–H groups in total. The summed E-state index contributed by atoms with van der Waals surface area (Å²) < 4.78 is 5.31. The third-order valence-corrected chi connectivity index (χ3v) is 5.94. The van der Waals surface area contributed by atoms with Gasteiger partial charge in [-0.05, 0) is 43.7 Å². The summed E-state index contributed by atoms with van der Waals surface area (Å²) in [7, 11) is 0. The van der Waals surface area contributed by atoms with Crippen LogP contribution >= 0.6 is 11.8 Å². The van der Waals surface area contributed by atoms with Crippen LogP contribution in [0.1, 0.15) is 25.7 Å². The van der Waals surface area contributed by atoms with Gasteiger partial charge in [-0.15, -0.1) is 0 Å². The highest BCUT2D eigenvalue weighted by Crippen LogP contribution is 2.20. The largest absolute Gasteiger partial charge is 0.381 e. The zero-order valence-electron chi connectivity index (χ0n) is 15.1. The number of ether oxygens (including phenoxy) is 1. The minimum absolute atomic E-state index is 0.0832. The molecule has 1 unspecified atom stereocenters. The van der Waals surface area contributed by atoms with Crippen molar-refractivity contribution in [1.82, 2.24) is 15.2 Å². The number of carbonyl (C=O) groups excluding carboxylic acids is 2. The Balaban J connectivity index is 1.40. The number of pyridine rings is 1. The fourth-order valence-corrected chi connectivity index (χ4v) is 4.23. The second kappa shape index (κ2) is 9.92.